The summed E-state index contributed by atoms with van der Waals surface area (Å²) < 4.78 is 5.19. The predicted molar refractivity (Wildman–Crippen MR) is 79.1 cm³/mol. The number of nitrogens with one attached hydrogen (secondary N) is 1. The van der Waals surface area contributed by atoms with E-state index in [9.17, 15) is 4.79 Å². The van der Waals surface area contributed by atoms with Crippen LogP contribution in [-0.4, -0.2) is 17.0 Å². The molecule has 18 heavy (non-hydrogen) atoms. The molecule has 0 aliphatic rings. The molecular weight excluding hydrogens is 294 g/mol. The minimum absolute atomic E-state index is 0.441. The molecule has 0 heterocycles. The zero-order valence-electron chi connectivity index (χ0n) is 10.9. The minimum Gasteiger partial charge on any atom is -0.444 e. The molecule has 0 aromatic heterocycles. The van der Waals surface area contributed by atoms with Crippen LogP contribution in [0.15, 0.2) is 30.3 Å². The van der Waals surface area contributed by atoms with Gasteiger partial charge in [0, 0.05) is 11.0 Å². The zero-order valence-corrected chi connectivity index (χ0v) is 12.5. The Hall–Kier alpha value is -1.29. The van der Waals surface area contributed by atoms with Crippen LogP contribution < -0.4 is 5.32 Å². The Morgan fingerprint density at radius 1 is 1.44 bits per heavy atom. The summed E-state index contributed by atoms with van der Waals surface area (Å²) in [6.45, 7) is 5.51. The Balaban J connectivity index is 2.67. The van der Waals surface area contributed by atoms with Crippen molar-refractivity contribution in [1.29, 1.82) is 0 Å². The molecule has 1 N–H and O–H groups in total. The van der Waals surface area contributed by atoms with E-state index in [0.717, 1.165) is 16.6 Å². The van der Waals surface area contributed by atoms with Crippen LogP contribution in [0.1, 0.15) is 26.3 Å². The molecule has 0 radical (unpaired) electrons. The number of hydrogen-bond donors (Lipinski definition) is 1. The van der Waals surface area contributed by atoms with Crippen molar-refractivity contribution >= 4 is 33.8 Å². The third kappa shape index (κ3) is 5.87. The highest BCUT2D eigenvalue weighted by atomic mass is 79.9. The Bertz CT molecular complexity index is 436. The first-order chi connectivity index (χ1) is 8.40. The van der Waals surface area contributed by atoms with Gasteiger partial charge in [0.15, 0.2) is 0 Å². The first-order valence-corrected chi connectivity index (χ1v) is 6.85. The average molecular weight is 312 g/mol. The Kier molecular flexibility index (Phi) is 5.41. The van der Waals surface area contributed by atoms with Gasteiger partial charge in [-0.05, 0) is 38.5 Å². The van der Waals surface area contributed by atoms with E-state index in [1.165, 1.54) is 0 Å². The Labute approximate surface area is 116 Å². The number of amides is 1. The lowest BCUT2D eigenvalue weighted by atomic mass is 10.2. The van der Waals surface area contributed by atoms with E-state index in [4.69, 9.17) is 4.74 Å². The van der Waals surface area contributed by atoms with Gasteiger partial charge in [0.2, 0.25) is 0 Å². The van der Waals surface area contributed by atoms with Gasteiger partial charge in [-0.15, -0.1) is 0 Å². The molecular formula is C14H18BrNO2. The second kappa shape index (κ2) is 6.59. The molecule has 0 saturated carbocycles. The molecule has 0 aliphatic carbocycles. The van der Waals surface area contributed by atoms with Gasteiger partial charge in [0.05, 0.1) is 0 Å². The summed E-state index contributed by atoms with van der Waals surface area (Å²) in [5, 5.41) is 3.51. The molecule has 3 nitrogen and oxygen atoms in total. The minimum atomic E-state index is -0.489. The van der Waals surface area contributed by atoms with Crippen molar-refractivity contribution in [1.82, 2.24) is 0 Å². The lowest BCUT2D eigenvalue weighted by molar-refractivity contribution is 0.0636. The number of hydrogen-bond acceptors (Lipinski definition) is 2. The van der Waals surface area contributed by atoms with Crippen molar-refractivity contribution in [2.45, 2.75) is 26.4 Å². The number of anilines is 1. The first-order valence-electron chi connectivity index (χ1n) is 5.73. The van der Waals surface area contributed by atoms with Crippen LogP contribution >= 0.6 is 15.9 Å². The topological polar surface area (TPSA) is 38.3 Å². The fourth-order valence-electron chi connectivity index (χ4n) is 1.32. The number of allylic oxidation sites excluding steroid dienone is 1. The maximum Gasteiger partial charge on any atom is 0.412 e. The van der Waals surface area contributed by atoms with Gasteiger partial charge in [-0.1, -0.05) is 40.2 Å². The van der Waals surface area contributed by atoms with Gasteiger partial charge in [-0.3, -0.25) is 5.32 Å². The first kappa shape index (κ1) is 14.8. The van der Waals surface area contributed by atoms with E-state index < -0.39 is 11.7 Å². The predicted octanol–water partition coefficient (Wildman–Crippen LogP) is 4.44. The molecule has 0 unspecified atom stereocenters. The largest absolute Gasteiger partial charge is 0.444 e. The molecule has 0 saturated heterocycles. The van der Waals surface area contributed by atoms with Crippen LogP contribution in [0, 0.1) is 0 Å². The summed E-state index contributed by atoms with van der Waals surface area (Å²) in [4.78, 5) is 11.6. The summed E-state index contributed by atoms with van der Waals surface area (Å²) in [6, 6.07) is 7.58. The van der Waals surface area contributed by atoms with Gasteiger partial charge in [0.25, 0.3) is 0 Å². The Morgan fingerprint density at radius 3 is 2.78 bits per heavy atom. The number of benzene rings is 1. The van der Waals surface area contributed by atoms with E-state index in [2.05, 4.69) is 21.2 Å². The number of alkyl halides is 1. The van der Waals surface area contributed by atoms with Crippen molar-refractivity contribution in [3.8, 4) is 0 Å². The number of carbonyl (C=O) groups is 1. The molecule has 1 aromatic carbocycles. The second-order valence-corrected chi connectivity index (χ2v) is 5.46. The molecule has 1 amide bonds. The van der Waals surface area contributed by atoms with E-state index in [0.29, 0.717) is 0 Å². The third-order valence-corrected chi connectivity index (χ3v) is 2.31. The van der Waals surface area contributed by atoms with Gasteiger partial charge in [0.1, 0.15) is 5.60 Å². The van der Waals surface area contributed by atoms with Crippen molar-refractivity contribution in [3.05, 3.63) is 35.9 Å². The standard InChI is InChI=1S/C14H18BrNO2/c1-14(2,3)18-13(17)16-12-8-4-6-11(10-12)7-5-9-15/h4-8,10H,9H2,1-3H3,(H,16,17). The number of halogens is 1. The highest BCUT2D eigenvalue weighted by Crippen LogP contribution is 2.14. The average Bonchev–Trinajstić information content (AvgIpc) is 2.24. The summed E-state index contributed by atoms with van der Waals surface area (Å²) in [5.41, 5.74) is 1.27. The summed E-state index contributed by atoms with van der Waals surface area (Å²) >= 11 is 3.32. The number of carbonyl (C=O) groups excluding carboxylic acids is 1. The fraction of sp³-hybridized carbons (Fsp3) is 0.357. The van der Waals surface area contributed by atoms with Crippen LogP contribution in [-0.2, 0) is 4.74 Å². The van der Waals surface area contributed by atoms with Crippen molar-refractivity contribution in [3.63, 3.8) is 0 Å². The van der Waals surface area contributed by atoms with Crippen LogP contribution in [0.5, 0.6) is 0 Å². The molecule has 0 fully saturated rings. The highest BCUT2D eigenvalue weighted by Gasteiger charge is 2.15. The summed E-state index contributed by atoms with van der Waals surface area (Å²) in [5.74, 6) is 0. The summed E-state index contributed by atoms with van der Waals surface area (Å²) in [6.07, 6.45) is 3.53. The normalized spacial score (nSPS) is 11.6. The van der Waals surface area contributed by atoms with E-state index >= 15 is 0 Å². The van der Waals surface area contributed by atoms with Crippen molar-refractivity contribution in [2.75, 3.05) is 10.6 Å². The lowest BCUT2D eigenvalue weighted by Gasteiger charge is -2.19. The highest BCUT2D eigenvalue weighted by molar-refractivity contribution is 9.09. The van der Waals surface area contributed by atoms with Gasteiger partial charge < -0.3 is 4.74 Å². The second-order valence-electron chi connectivity index (χ2n) is 4.81. The molecule has 0 spiro atoms. The zero-order chi connectivity index (χ0) is 13.6. The lowest BCUT2D eigenvalue weighted by Crippen LogP contribution is -2.27. The van der Waals surface area contributed by atoms with E-state index in [1.807, 2.05) is 57.2 Å². The monoisotopic (exact) mass is 311 g/mol. The molecule has 0 bridgehead atoms. The van der Waals surface area contributed by atoms with Crippen molar-refractivity contribution < 1.29 is 9.53 Å². The van der Waals surface area contributed by atoms with Crippen LogP contribution in [0.2, 0.25) is 0 Å². The quantitative estimate of drug-likeness (QED) is 0.838. The Morgan fingerprint density at radius 2 is 2.17 bits per heavy atom. The van der Waals surface area contributed by atoms with E-state index in [-0.39, 0.29) is 0 Å². The molecule has 98 valence electrons. The van der Waals surface area contributed by atoms with Crippen molar-refractivity contribution in [2.24, 2.45) is 0 Å². The van der Waals surface area contributed by atoms with Gasteiger partial charge in [-0.2, -0.15) is 0 Å². The van der Waals surface area contributed by atoms with Gasteiger partial charge >= 0.3 is 6.09 Å². The SMILES string of the molecule is CC(C)(C)OC(=O)Nc1cccc(C=CCBr)c1. The van der Waals surface area contributed by atoms with Crippen LogP contribution in [0.3, 0.4) is 0 Å². The van der Waals surface area contributed by atoms with Crippen LogP contribution in [0.4, 0.5) is 10.5 Å². The molecule has 1 aromatic rings. The smallest absolute Gasteiger partial charge is 0.412 e. The van der Waals surface area contributed by atoms with Gasteiger partial charge in [-0.25, -0.2) is 4.79 Å². The molecule has 0 atom stereocenters. The fourth-order valence-corrected chi connectivity index (χ4v) is 1.51. The van der Waals surface area contributed by atoms with E-state index in [1.54, 1.807) is 0 Å². The summed E-state index contributed by atoms with van der Waals surface area (Å²) in [7, 11) is 0. The van der Waals surface area contributed by atoms with Crippen LogP contribution in [0.25, 0.3) is 6.08 Å². The number of rotatable bonds is 3. The molecule has 1 rings (SSSR count). The maximum atomic E-state index is 11.6. The maximum absolute atomic E-state index is 11.6. The molecule has 0 aliphatic heterocycles. The molecule has 4 heteroatoms. The number of ether oxygens (including phenoxy) is 1. The third-order valence-electron chi connectivity index (χ3n) is 1.93.